The molecule has 1 amide bonds. The molecule has 0 saturated heterocycles. The predicted molar refractivity (Wildman–Crippen MR) is 113 cm³/mol. The van der Waals surface area contributed by atoms with Crippen LogP contribution in [0.15, 0.2) is 46.2 Å². The summed E-state index contributed by atoms with van der Waals surface area (Å²) in [6.07, 6.45) is -2.47. The van der Waals surface area contributed by atoms with E-state index in [0.29, 0.717) is 30.6 Å². The third-order valence-electron chi connectivity index (χ3n) is 5.43. The highest BCUT2D eigenvalue weighted by molar-refractivity contribution is 7.89. The van der Waals surface area contributed by atoms with Gasteiger partial charge in [-0.3, -0.25) is 9.59 Å². The standard InChI is InChI=1S/C21H24F3N3O4S/c1-3-26(4-2)32(30,31)17-8-10-19(28)25(13-17)14-20(29)27-11-5-6-15-12-16(21(22,23)24)7-9-18(15)27/h7-10,12-13H,3-6,11,14H2,1-2H3. The van der Waals surface area contributed by atoms with Gasteiger partial charge in [0.25, 0.3) is 5.56 Å². The molecule has 1 aliphatic heterocycles. The average molecular weight is 472 g/mol. The van der Waals surface area contributed by atoms with Crippen molar-refractivity contribution in [2.24, 2.45) is 0 Å². The molecule has 174 valence electrons. The van der Waals surface area contributed by atoms with Crippen LogP contribution < -0.4 is 10.5 Å². The highest BCUT2D eigenvalue weighted by atomic mass is 32.2. The first kappa shape index (κ1) is 24.0. The average Bonchev–Trinajstić information content (AvgIpc) is 2.74. The Morgan fingerprint density at radius 1 is 1.12 bits per heavy atom. The van der Waals surface area contributed by atoms with Crippen molar-refractivity contribution < 1.29 is 26.4 Å². The van der Waals surface area contributed by atoms with Crippen molar-refractivity contribution in [3.8, 4) is 0 Å². The molecule has 0 N–H and O–H groups in total. The second-order valence-corrected chi connectivity index (χ2v) is 9.35. The molecule has 0 fully saturated rings. The molecule has 0 unspecified atom stereocenters. The van der Waals surface area contributed by atoms with E-state index in [0.717, 1.165) is 29.0 Å². The van der Waals surface area contributed by atoms with E-state index >= 15 is 0 Å². The number of anilines is 1. The number of alkyl halides is 3. The molecular weight excluding hydrogens is 447 g/mol. The maximum Gasteiger partial charge on any atom is 0.416 e. The minimum absolute atomic E-state index is 0.109. The molecule has 11 heteroatoms. The first-order valence-electron chi connectivity index (χ1n) is 10.2. The molecule has 0 aliphatic carbocycles. The van der Waals surface area contributed by atoms with Crippen molar-refractivity contribution in [2.45, 2.75) is 44.3 Å². The van der Waals surface area contributed by atoms with Crippen LogP contribution in [0.4, 0.5) is 18.9 Å². The highest BCUT2D eigenvalue weighted by Crippen LogP contribution is 2.35. The number of halogens is 3. The SMILES string of the molecule is CCN(CC)S(=O)(=O)c1ccc(=O)n(CC(=O)N2CCCc3cc(C(F)(F)F)ccc32)c1. The minimum Gasteiger partial charge on any atom is -0.311 e. The van der Waals surface area contributed by atoms with Crippen molar-refractivity contribution in [1.29, 1.82) is 0 Å². The molecule has 0 radical (unpaired) electrons. The third-order valence-corrected chi connectivity index (χ3v) is 7.47. The number of rotatable bonds is 6. The summed E-state index contributed by atoms with van der Waals surface area (Å²) < 4.78 is 66.8. The van der Waals surface area contributed by atoms with Crippen LogP contribution in [0.3, 0.4) is 0 Å². The summed E-state index contributed by atoms with van der Waals surface area (Å²) in [6, 6.07) is 5.51. The lowest BCUT2D eigenvalue weighted by molar-refractivity contribution is -0.137. The van der Waals surface area contributed by atoms with Gasteiger partial charge < -0.3 is 9.47 Å². The zero-order chi connectivity index (χ0) is 23.7. The monoisotopic (exact) mass is 471 g/mol. The normalized spacial score (nSPS) is 14.5. The number of hydrogen-bond acceptors (Lipinski definition) is 4. The zero-order valence-electron chi connectivity index (χ0n) is 17.7. The van der Waals surface area contributed by atoms with Crippen molar-refractivity contribution in [1.82, 2.24) is 8.87 Å². The van der Waals surface area contributed by atoms with Gasteiger partial charge in [0.05, 0.1) is 10.5 Å². The van der Waals surface area contributed by atoms with Crippen LogP contribution in [0.1, 0.15) is 31.4 Å². The number of fused-ring (bicyclic) bond motifs is 1. The van der Waals surface area contributed by atoms with Crippen LogP contribution >= 0.6 is 0 Å². The Labute approximate surface area is 184 Å². The summed E-state index contributed by atoms with van der Waals surface area (Å²) in [5, 5.41) is 0. The number of benzene rings is 1. The Kier molecular flexibility index (Phi) is 6.80. The second-order valence-electron chi connectivity index (χ2n) is 7.41. The Balaban J connectivity index is 1.90. The maximum atomic E-state index is 13.0. The summed E-state index contributed by atoms with van der Waals surface area (Å²) in [6.45, 7) is 3.75. The van der Waals surface area contributed by atoms with E-state index in [-0.39, 0.29) is 18.0 Å². The topological polar surface area (TPSA) is 79.7 Å². The van der Waals surface area contributed by atoms with Gasteiger partial charge in [-0.1, -0.05) is 13.8 Å². The van der Waals surface area contributed by atoms with Gasteiger partial charge in [-0.05, 0) is 42.7 Å². The molecule has 0 bridgehead atoms. The van der Waals surface area contributed by atoms with E-state index in [9.17, 15) is 31.2 Å². The fraction of sp³-hybridized carbons (Fsp3) is 0.429. The van der Waals surface area contributed by atoms with Crippen molar-refractivity contribution >= 4 is 21.6 Å². The van der Waals surface area contributed by atoms with Crippen LogP contribution in [0.2, 0.25) is 0 Å². The lowest BCUT2D eigenvalue weighted by Crippen LogP contribution is -2.40. The lowest BCUT2D eigenvalue weighted by atomic mass is 9.99. The second kappa shape index (κ2) is 9.07. The van der Waals surface area contributed by atoms with E-state index in [1.807, 2.05) is 0 Å². The Hall–Kier alpha value is -2.66. The van der Waals surface area contributed by atoms with E-state index in [4.69, 9.17) is 0 Å². The quantitative estimate of drug-likeness (QED) is 0.649. The molecule has 0 saturated carbocycles. The zero-order valence-corrected chi connectivity index (χ0v) is 18.5. The smallest absolute Gasteiger partial charge is 0.311 e. The highest BCUT2D eigenvalue weighted by Gasteiger charge is 2.33. The Morgan fingerprint density at radius 2 is 1.81 bits per heavy atom. The molecule has 1 aliphatic rings. The summed E-state index contributed by atoms with van der Waals surface area (Å²) >= 11 is 0. The van der Waals surface area contributed by atoms with Gasteiger partial charge in [0, 0.05) is 37.6 Å². The van der Waals surface area contributed by atoms with Crippen LogP contribution in [0, 0.1) is 0 Å². The van der Waals surface area contributed by atoms with E-state index < -0.39 is 39.8 Å². The van der Waals surface area contributed by atoms with Gasteiger partial charge in [-0.25, -0.2) is 8.42 Å². The van der Waals surface area contributed by atoms with Gasteiger partial charge >= 0.3 is 6.18 Å². The fourth-order valence-corrected chi connectivity index (χ4v) is 5.24. The summed E-state index contributed by atoms with van der Waals surface area (Å²) in [5.74, 6) is -0.509. The number of pyridine rings is 1. The molecule has 2 heterocycles. The van der Waals surface area contributed by atoms with E-state index in [1.54, 1.807) is 13.8 Å². The van der Waals surface area contributed by atoms with E-state index in [1.165, 1.54) is 21.3 Å². The van der Waals surface area contributed by atoms with E-state index in [2.05, 4.69) is 0 Å². The predicted octanol–water partition coefficient (Wildman–Crippen LogP) is 2.88. The molecule has 0 spiro atoms. The molecule has 32 heavy (non-hydrogen) atoms. The van der Waals surface area contributed by atoms with Crippen LogP contribution in [-0.4, -0.2) is 42.8 Å². The molecule has 1 aromatic carbocycles. The molecular formula is C21H24F3N3O4S. The number of amides is 1. The number of hydrogen-bond donors (Lipinski definition) is 0. The lowest BCUT2D eigenvalue weighted by Gasteiger charge is -2.30. The fourth-order valence-electron chi connectivity index (χ4n) is 3.76. The number of carbonyl (C=O) groups excluding carboxylic acids is 1. The number of aromatic nitrogens is 1. The van der Waals surface area contributed by atoms with Crippen molar-refractivity contribution in [3.63, 3.8) is 0 Å². The van der Waals surface area contributed by atoms with Crippen LogP contribution in [0.25, 0.3) is 0 Å². The molecule has 0 atom stereocenters. The van der Waals surface area contributed by atoms with Crippen molar-refractivity contribution in [2.75, 3.05) is 24.5 Å². The first-order chi connectivity index (χ1) is 15.0. The van der Waals surface area contributed by atoms with Gasteiger partial charge in [0.15, 0.2) is 0 Å². The van der Waals surface area contributed by atoms with Crippen LogP contribution in [-0.2, 0) is 34.0 Å². The Morgan fingerprint density at radius 3 is 2.44 bits per heavy atom. The molecule has 2 aromatic rings. The summed E-state index contributed by atoms with van der Waals surface area (Å²) in [4.78, 5) is 26.5. The molecule has 7 nitrogen and oxygen atoms in total. The molecule has 3 rings (SSSR count). The first-order valence-corrected chi connectivity index (χ1v) is 11.6. The number of aryl methyl sites for hydroxylation is 1. The number of carbonyl (C=O) groups is 1. The van der Waals surface area contributed by atoms with Crippen LogP contribution in [0.5, 0.6) is 0 Å². The summed E-state index contributed by atoms with van der Waals surface area (Å²) in [7, 11) is -3.83. The molecule has 1 aromatic heterocycles. The van der Waals surface area contributed by atoms with Gasteiger partial charge in [0.2, 0.25) is 15.9 Å². The minimum atomic E-state index is -4.48. The van der Waals surface area contributed by atoms with Gasteiger partial charge in [-0.2, -0.15) is 17.5 Å². The number of nitrogens with zero attached hydrogens (tertiary/aromatic N) is 3. The number of sulfonamides is 1. The largest absolute Gasteiger partial charge is 0.416 e. The van der Waals surface area contributed by atoms with Gasteiger partial charge in [-0.15, -0.1) is 0 Å². The Bertz CT molecular complexity index is 1170. The summed E-state index contributed by atoms with van der Waals surface area (Å²) in [5.41, 5.74) is -0.559. The van der Waals surface area contributed by atoms with Crippen molar-refractivity contribution in [3.05, 3.63) is 58.0 Å². The third kappa shape index (κ3) is 4.73. The maximum absolute atomic E-state index is 13.0. The van der Waals surface area contributed by atoms with Gasteiger partial charge in [0.1, 0.15) is 6.54 Å².